The molecule has 0 atom stereocenters. The van der Waals surface area contributed by atoms with Gasteiger partial charge in [-0.2, -0.15) is 0 Å². The van der Waals surface area contributed by atoms with Crippen LogP contribution < -0.4 is 5.56 Å². The summed E-state index contributed by atoms with van der Waals surface area (Å²) in [6.07, 6.45) is 2.08. The smallest absolute Gasteiger partial charge is 0.266 e. The van der Waals surface area contributed by atoms with E-state index in [1.165, 1.54) is 11.8 Å². The standard InChI is InChI=1S/C22H22ClN3O2S/c1-15-10-12-25(13-11-15)20(27)14-29-22-24-19-5-3-2-4-18(19)21(28)26(22)17-8-6-16(23)7-9-17/h2-9,15H,10-14H2,1H3. The maximum Gasteiger partial charge on any atom is 0.266 e. The molecule has 1 aromatic heterocycles. The van der Waals surface area contributed by atoms with Gasteiger partial charge in [0.1, 0.15) is 0 Å². The van der Waals surface area contributed by atoms with Gasteiger partial charge in [-0.3, -0.25) is 14.2 Å². The lowest BCUT2D eigenvalue weighted by molar-refractivity contribution is -0.129. The number of carbonyl (C=O) groups is 1. The second kappa shape index (κ2) is 8.59. The van der Waals surface area contributed by atoms with Gasteiger partial charge < -0.3 is 4.90 Å². The number of rotatable bonds is 4. The van der Waals surface area contributed by atoms with E-state index in [0.717, 1.165) is 25.9 Å². The van der Waals surface area contributed by atoms with Gasteiger partial charge in [-0.15, -0.1) is 0 Å². The number of benzene rings is 2. The van der Waals surface area contributed by atoms with Gasteiger partial charge in [0, 0.05) is 18.1 Å². The van der Waals surface area contributed by atoms with Crippen LogP contribution in [-0.2, 0) is 4.79 Å². The van der Waals surface area contributed by atoms with E-state index < -0.39 is 0 Å². The van der Waals surface area contributed by atoms with Gasteiger partial charge in [-0.1, -0.05) is 42.4 Å². The Morgan fingerprint density at radius 3 is 2.55 bits per heavy atom. The molecule has 0 N–H and O–H groups in total. The number of nitrogens with zero attached hydrogens (tertiary/aromatic N) is 3. The van der Waals surface area contributed by atoms with Crippen molar-refractivity contribution < 1.29 is 4.79 Å². The second-order valence-corrected chi connectivity index (χ2v) is 8.76. The molecule has 1 aliphatic rings. The molecule has 150 valence electrons. The molecule has 7 heteroatoms. The molecular weight excluding hydrogens is 406 g/mol. The summed E-state index contributed by atoms with van der Waals surface area (Å²) in [4.78, 5) is 32.5. The van der Waals surface area contributed by atoms with Gasteiger partial charge in [-0.25, -0.2) is 4.98 Å². The predicted molar refractivity (Wildman–Crippen MR) is 118 cm³/mol. The highest BCUT2D eigenvalue weighted by Crippen LogP contribution is 2.24. The van der Waals surface area contributed by atoms with E-state index in [9.17, 15) is 9.59 Å². The molecule has 2 heterocycles. The monoisotopic (exact) mass is 427 g/mol. The fourth-order valence-corrected chi connectivity index (χ4v) is 4.54. The lowest BCUT2D eigenvalue weighted by Gasteiger charge is -2.30. The third-order valence-electron chi connectivity index (χ3n) is 5.29. The average molecular weight is 428 g/mol. The Labute approximate surface area is 178 Å². The molecule has 1 saturated heterocycles. The molecule has 1 amide bonds. The third kappa shape index (κ3) is 4.33. The Hall–Kier alpha value is -2.31. The van der Waals surface area contributed by atoms with Crippen molar-refractivity contribution in [2.45, 2.75) is 24.9 Å². The zero-order valence-electron chi connectivity index (χ0n) is 16.2. The maximum absolute atomic E-state index is 13.2. The topological polar surface area (TPSA) is 55.2 Å². The maximum atomic E-state index is 13.2. The number of hydrogen-bond acceptors (Lipinski definition) is 4. The number of para-hydroxylation sites is 1. The Kier molecular flexibility index (Phi) is 5.92. The third-order valence-corrected chi connectivity index (χ3v) is 6.47. The zero-order valence-corrected chi connectivity index (χ0v) is 17.7. The van der Waals surface area contributed by atoms with Crippen molar-refractivity contribution in [3.8, 4) is 5.69 Å². The highest BCUT2D eigenvalue weighted by Gasteiger charge is 2.21. The Morgan fingerprint density at radius 2 is 1.83 bits per heavy atom. The second-order valence-electron chi connectivity index (χ2n) is 7.38. The zero-order chi connectivity index (χ0) is 20.4. The van der Waals surface area contributed by atoms with E-state index in [1.807, 2.05) is 23.1 Å². The van der Waals surface area contributed by atoms with E-state index in [0.29, 0.717) is 32.7 Å². The van der Waals surface area contributed by atoms with E-state index in [1.54, 1.807) is 34.9 Å². The number of hydrogen-bond donors (Lipinski definition) is 0. The first-order valence-electron chi connectivity index (χ1n) is 9.71. The number of amides is 1. The summed E-state index contributed by atoms with van der Waals surface area (Å²) in [6, 6.07) is 14.3. The number of fused-ring (bicyclic) bond motifs is 1. The van der Waals surface area contributed by atoms with Crippen LogP contribution in [0.3, 0.4) is 0 Å². The minimum absolute atomic E-state index is 0.0898. The summed E-state index contributed by atoms with van der Waals surface area (Å²) in [5, 5.41) is 1.65. The van der Waals surface area contributed by atoms with Gasteiger partial charge in [0.2, 0.25) is 5.91 Å². The van der Waals surface area contributed by atoms with Crippen molar-refractivity contribution in [3.05, 3.63) is 63.9 Å². The van der Waals surface area contributed by atoms with Gasteiger partial charge in [0.15, 0.2) is 5.16 Å². The van der Waals surface area contributed by atoms with Gasteiger partial charge >= 0.3 is 0 Å². The fourth-order valence-electron chi connectivity index (χ4n) is 3.50. The van der Waals surface area contributed by atoms with Crippen molar-refractivity contribution in [1.82, 2.24) is 14.5 Å². The molecular formula is C22H22ClN3O2S. The number of carbonyl (C=O) groups excluding carboxylic acids is 1. The number of halogens is 1. The molecule has 3 aromatic rings. The van der Waals surface area contributed by atoms with Gasteiger partial charge in [0.05, 0.1) is 22.3 Å². The molecule has 0 aliphatic carbocycles. The van der Waals surface area contributed by atoms with Crippen molar-refractivity contribution in [2.24, 2.45) is 5.92 Å². The van der Waals surface area contributed by atoms with Crippen LogP contribution in [0.1, 0.15) is 19.8 Å². The van der Waals surface area contributed by atoms with E-state index in [2.05, 4.69) is 11.9 Å². The van der Waals surface area contributed by atoms with Crippen molar-refractivity contribution in [2.75, 3.05) is 18.8 Å². The molecule has 29 heavy (non-hydrogen) atoms. The Morgan fingerprint density at radius 1 is 1.14 bits per heavy atom. The number of piperidine rings is 1. The van der Waals surface area contributed by atoms with Crippen LogP contribution >= 0.6 is 23.4 Å². The molecule has 1 fully saturated rings. The van der Waals surface area contributed by atoms with E-state index in [4.69, 9.17) is 11.6 Å². The van der Waals surface area contributed by atoms with Crippen LogP contribution in [0.15, 0.2) is 58.5 Å². The van der Waals surface area contributed by atoms with Gasteiger partial charge in [-0.05, 0) is 55.2 Å². The number of likely N-dealkylation sites (tertiary alicyclic amines) is 1. The van der Waals surface area contributed by atoms with Crippen LogP contribution in [0.2, 0.25) is 5.02 Å². The first kappa shape index (κ1) is 20.0. The summed E-state index contributed by atoms with van der Waals surface area (Å²) in [7, 11) is 0. The highest BCUT2D eigenvalue weighted by atomic mass is 35.5. The van der Waals surface area contributed by atoms with E-state index in [-0.39, 0.29) is 17.2 Å². The largest absolute Gasteiger partial charge is 0.342 e. The summed E-state index contributed by atoms with van der Waals surface area (Å²) < 4.78 is 1.56. The summed E-state index contributed by atoms with van der Waals surface area (Å²) in [5.74, 6) is 1.02. The number of thioether (sulfide) groups is 1. The first-order valence-corrected chi connectivity index (χ1v) is 11.1. The molecule has 0 unspecified atom stereocenters. The number of aromatic nitrogens is 2. The Bertz CT molecular complexity index is 1090. The van der Waals surface area contributed by atoms with Gasteiger partial charge in [0.25, 0.3) is 5.56 Å². The predicted octanol–water partition coefficient (Wildman–Crippen LogP) is 4.39. The molecule has 0 saturated carbocycles. The Balaban J connectivity index is 1.67. The molecule has 0 spiro atoms. The lowest BCUT2D eigenvalue weighted by Crippen LogP contribution is -2.39. The minimum atomic E-state index is -0.153. The van der Waals surface area contributed by atoms with Crippen LogP contribution in [0.4, 0.5) is 0 Å². The van der Waals surface area contributed by atoms with Crippen LogP contribution in [-0.4, -0.2) is 39.2 Å². The quantitative estimate of drug-likeness (QED) is 0.457. The molecule has 0 radical (unpaired) electrons. The molecule has 1 aliphatic heterocycles. The van der Waals surface area contributed by atoms with Crippen molar-refractivity contribution in [1.29, 1.82) is 0 Å². The molecule has 2 aromatic carbocycles. The SMILES string of the molecule is CC1CCN(C(=O)CSc2nc3ccccc3c(=O)n2-c2ccc(Cl)cc2)CC1. The summed E-state index contributed by atoms with van der Waals surface area (Å²) in [5.41, 5.74) is 1.16. The van der Waals surface area contributed by atoms with E-state index >= 15 is 0 Å². The normalized spacial score (nSPS) is 15.0. The highest BCUT2D eigenvalue weighted by molar-refractivity contribution is 7.99. The van der Waals surface area contributed by atoms with Crippen LogP contribution in [0, 0.1) is 5.92 Å². The molecule has 4 rings (SSSR count). The summed E-state index contributed by atoms with van der Waals surface area (Å²) >= 11 is 7.32. The first-order chi connectivity index (χ1) is 14.0. The van der Waals surface area contributed by atoms with Crippen LogP contribution in [0.5, 0.6) is 0 Å². The van der Waals surface area contributed by atoms with Crippen molar-refractivity contribution >= 4 is 40.2 Å². The fraction of sp³-hybridized carbons (Fsp3) is 0.318. The molecule has 5 nitrogen and oxygen atoms in total. The minimum Gasteiger partial charge on any atom is -0.342 e. The van der Waals surface area contributed by atoms with Crippen molar-refractivity contribution in [3.63, 3.8) is 0 Å². The van der Waals surface area contributed by atoms with Crippen LogP contribution in [0.25, 0.3) is 16.6 Å². The average Bonchev–Trinajstić information content (AvgIpc) is 2.73. The molecule has 0 bridgehead atoms. The summed E-state index contributed by atoms with van der Waals surface area (Å²) in [6.45, 7) is 3.83. The lowest BCUT2D eigenvalue weighted by atomic mass is 9.99.